The molecule has 3 heteroatoms. The van der Waals surface area contributed by atoms with Crippen LogP contribution in [0.2, 0.25) is 0 Å². The quantitative estimate of drug-likeness (QED) is 0.827. The zero-order valence-corrected chi connectivity index (χ0v) is 15.0. The molecule has 0 bridgehead atoms. The maximum absolute atomic E-state index is 2.74. The molecule has 2 aliphatic heterocycles. The van der Waals surface area contributed by atoms with Crippen molar-refractivity contribution < 1.29 is 0 Å². The van der Waals surface area contributed by atoms with E-state index in [0.717, 1.165) is 6.04 Å². The van der Waals surface area contributed by atoms with E-state index in [1.54, 1.807) is 0 Å². The molecule has 128 valence electrons. The maximum atomic E-state index is 2.74. The average molecular weight is 316 g/mol. The summed E-state index contributed by atoms with van der Waals surface area (Å²) in [5, 5.41) is 0. The van der Waals surface area contributed by atoms with Gasteiger partial charge in [0.25, 0.3) is 0 Å². The van der Waals surface area contributed by atoms with Crippen LogP contribution in [-0.4, -0.2) is 73.6 Å². The van der Waals surface area contributed by atoms with Gasteiger partial charge in [-0.25, -0.2) is 0 Å². The fourth-order valence-corrected chi connectivity index (χ4v) is 4.17. The molecule has 1 aromatic rings. The van der Waals surface area contributed by atoms with Crippen LogP contribution in [0.1, 0.15) is 30.4 Å². The number of hydrogen-bond donors (Lipinski definition) is 0. The van der Waals surface area contributed by atoms with E-state index in [1.807, 2.05) is 0 Å². The average Bonchev–Trinajstić information content (AvgIpc) is 2.57. The van der Waals surface area contributed by atoms with Crippen LogP contribution < -0.4 is 0 Å². The molecular formula is C20H33N3. The smallest absolute Gasteiger partial charge is 0.0224 e. The highest BCUT2D eigenvalue weighted by Crippen LogP contribution is 2.17. The predicted octanol–water partition coefficient (Wildman–Crippen LogP) is 2.64. The van der Waals surface area contributed by atoms with Crippen LogP contribution in [0.3, 0.4) is 0 Å². The first-order valence-electron chi connectivity index (χ1n) is 9.42. The number of piperidine rings is 1. The van der Waals surface area contributed by atoms with Gasteiger partial charge in [0.05, 0.1) is 0 Å². The molecule has 2 aliphatic rings. The fourth-order valence-electron chi connectivity index (χ4n) is 4.17. The highest BCUT2D eigenvalue weighted by molar-refractivity contribution is 5.25. The van der Waals surface area contributed by atoms with Crippen LogP contribution in [0.5, 0.6) is 0 Å². The number of piperazine rings is 1. The van der Waals surface area contributed by atoms with E-state index in [-0.39, 0.29) is 0 Å². The Kier molecular flexibility index (Phi) is 6.09. The largest absolute Gasteiger partial charge is 0.305 e. The van der Waals surface area contributed by atoms with Gasteiger partial charge in [0.1, 0.15) is 0 Å². The Hall–Kier alpha value is -0.900. The summed E-state index contributed by atoms with van der Waals surface area (Å²) in [7, 11) is 2.27. The number of likely N-dealkylation sites (tertiary alicyclic amines) is 1. The van der Waals surface area contributed by atoms with Crippen molar-refractivity contribution in [3.05, 3.63) is 35.4 Å². The van der Waals surface area contributed by atoms with Gasteiger partial charge < -0.3 is 9.80 Å². The van der Waals surface area contributed by atoms with Gasteiger partial charge in [-0.15, -0.1) is 0 Å². The molecule has 0 saturated carbocycles. The van der Waals surface area contributed by atoms with E-state index in [1.165, 1.54) is 82.6 Å². The molecule has 23 heavy (non-hydrogen) atoms. The summed E-state index contributed by atoms with van der Waals surface area (Å²) in [5.74, 6) is 0. The van der Waals surface area contributed by atoms with Gasteiger partial charge in [0.15, 0.2) is 0 Å². The molecule has 0 amide bonds. The third kappa shape index (κ3) is 4.79. The van der Waals surface area contributed by atoms with Crippen LogP contribution in [0, 0.1) is 6.92 Å². The van der Waals surface area contributed by atoms with Crippen LogP contribution in [-0.2, 0) is 6.42 Å². The lowest BCUT2D eigenvalue weighted by Crippen LogP contribution is -2.54. The third-order valence-electron chi connectivity index (χ3n) is 5.70. The molecule has 1 atom stereocenters. The second kappa shape index (κ2) is 8.27. The summed E-state index contributed by atoms with van der Waals surface area (Å²) in [6, 6.07) is 9.63. The molecule has 2 fully saturated rings. The topological polar surface area (TPSA) is 9.72 Å². The Bertz CT molecular complexity index is 480. The van der Waals surface area contributed by atoms with Crippen LogP contribution in [0.4, 0.5) is 0 Å². The molecule has 2 saturated heterocycles. The molecule has 0 unspecified atom stereocenters. The molecule has 0 radical (unpaired) electrons. The summed E-state index contributed by atoms with van der Waals surface area (Å²) in [6.45, 7) is 11.1. The molecular weight excluding hydrogens is 282 g/mol. The lowest BCUT2D eigenvalue weighted by Gasteiger charge is -2.42. The van der Waals surface area contributed by atoms with Crippen molar-refractivity contribution in [1.29, 1.82) is 0 Å². The van der Waals surface area contributed by atoms with Crippen molar-refractivity contribution >= 4 is 0 Å². The number of likely N-dealkylation sites (N-methyl/N-ethyl adjacent to an activating group) is 1. The summed E-state index contributed by atoms with van der Waals surface area (Å²) in [5.41, 5.74) is 2.97. The van der Waals surface area contributed by atoms with E-state index in [0.29, 0.717) is 0 Å². The van der Waals surface area contributed by atoms with Gasteiger partial charge in [-0.2, -0.15) is 0 Å². The maximum Gasteiger partial charge on any atom is 0.0224 e. The first-order chi connectivity index (χ1) is 11.2. The zero-order chi connectivity index (χ0) is 16.1. The van der Waals surface area contributed by atoms with Crippen molar-refractivity contribution in [1.82, 2.24) is 14.7 Å². The molecule has 0 N–H and O–H groups in total. The molecule has 0 aromatic heterocycles. The van der Waals surface area contributed by atoms with E-state index in [4.69, 9.17) is 0 Å². The number of rotatable bonds is 5. The first-order valence-corrected chi connectivity index (χ1v) is 9.42. The molecule has 0 aliphatic carbocycles. The van der Waals surface area contributed by atoms with Crippen molar-refractivity contribution in [2.45, 2.75) is 38.6 Å². The van der Waals surface area contributed by atoms with E-state index >= 15 is 0 Å². The minimum atomic E-state index is 0.808. The van der Waals surface area contributed by atoms with E-state index in [2.05, 4.69) is 52.9 Å². The minimum Gasteiger partial charge on any atom is -0.305 e. The normalized spacial score (nSPS) is 24.9. The van der Waals surface area contributed by atoms with Gasteiger partial charge in [-0.05, 0) is 63.9 Å². The minimum absolute atomic E-state index is 0.808. The number of benzene rings is 1. The van der Waals surface area contributed by atoms with Gasteiger partial charge in [-0.1, -0.05) is 24.3 Å². The second-order valence-electron chi connectivity index (χ2n) is 7.47. The molecule has 1 aromatic carbocycles. The van der Waals surface area contributed by atoms with Gasteiger partial charge >= 0.3 is 0 Å². The highest BCUT2D eigenvalue weighted by Gasteiger charge is 2.26. The molecule has 3 nitrogen and oxygen atoms in total. The number of nitrogens with zero attached hydrogens (tertiary/aromatic N) is 3. The molecule has 0 spiro atoms. The highest BCUT2D eigenvalue weighted by atomic mass is 15.3. The summed E-state index contributed by atoms with van der Waals surface area (Å²) in [4.78, 5) is 7.91. The van der Waals surface area contributed by atoms with E-state index < -0.39 is 0 Å². The Labute approximate surface area is 142 Å². The predicted molar refractivity (Wildman–Crippen MR) is 98.0 cm³/mol. The van der Waals surface area contributed by atoms with Crippen LogP contribution in [0.15, 0.2) is 24.3 Å². The van der Waals surface area contributed by atoms with Crippen molar-refractivity contribution in [2.24, 2.45) is 0 Å². The van der Waals surface area contributed by atoms with Crippen molar-refractivity contribution in [3.63, 3.8) is 0 Å². The molecule has 3 rings (SSSR count). The van der Waals surface area contributed by atoms with Crippen molar-refractivity contribution in [3.8, 4) is 0 Å². The number of aryl methyl sites for hydroxylation is 2. The van der Waals surface area contributed by atoms with Crippen LogP contribution in [0.25, 0.3) is 0 Å². The Morgan fingerprint density at radius 2 is 1.83 bits per heavy atom. The standard InChI is InChI=1S/C20H33N3/c1-18-7-3-4-8-19(18)9-5-12-22-13-15-23(16-14-22)20-10-6-11-21(2)17-20/h3-4,7-8,20H,5-6,9-17H2,1-2H3/t20-/m0/s1. The first kappa shape index (κ1) is 16.9. The zero-order valence-electron chi connectivity index (χ0n) is 15.0. The summed E-state index contributed by atoms with van der Waals surface area (Å²) in [6.07, 6.45) is 5.28. The fraction of sp³-hybridized carbons (Fsp3) is 0.700. The van der Waals surface area contributed by atoms with E-state index in [9.17, 15) is 0 Å². The Morgan fingerprint density at radius 3 is 2.57 bits per heavy atom. The Balaban J connectivity index is 1.37. The summed E-state index contributed by atoms with van der Waals surface area (Å²) >= 11 is 0. The third-order valence-corrected chi connectivity index (χ3v) is 5.70. The monoisotopic (exact) mass is 315 g/mol. The lowest BCUT2D eigenvalue weighted by molar-refractivity contribution is 0.0592. The Morgan fingerprint density at radius 1 is 1.04 bits per heavy atom. The van der Waals surface area contributed by atoms with Gasteiger partial charge in [0.2, 0.25) is 0 Å². The number of hydrogen-bond acceptors (Lipinski definition) is 3. The summed E-state index contributed by atoms with van der Waals surface area (Å²) < 4.78 is 0. The van der Waals surface area contributed by atoms with Gasteiger partial charge in [-0.3, -0.25) is 4.90 Å². The van der Waals surface area contributed by atoms with Gasteiger partial charge in [0, 0.05) is 38.8 Å². The van der Waals surface area contributed by atoms with Crippen molar-refractivity contribution in [2.75, 3.05) is 52.9 Å². The molecule has 2 heterocycles. The van der Waals surface area contributed by atoms with Crippen LogP contribution >= 0.6 is 0 Å². The second-order valence-corrected chi connectivity index (χ2v) is 7.47. The lowest BCUT2D eigenvalue weighted by atomic mass is 10.0. The SMILES string of the molecule is Cc1ccccc1CCCN1CCN([C@H]2CCCN(C)C2)CC1.